The van der Waals surface area contributed by atoms with E-state index < -0.39 is 0 Å². The van der Waals surface area contributed by atoms with E-state index in [4.69, 9.17) is 9.72 Å². The van der Waals surface area contributed by atoms with Gasteiger partial charge in [-0.2, -0.15) is 0 Å². The molecule has 0 atom stereocenters. The number of methoxy groups -OCH3 is 1. The van der Waals surface area contributed by atoms with Gasteiger partial charge in [-0.1, -0.05) is 18.6 Å². The van der Waals surface area contributed by atoms with E-state index in [1.54, 1.807) is 0 Å². The monoisotopic (exact) mass is 388 g/mol. The Bertz CT molecular complexity index is 768. The Morgan fingerprint density at radius 1 is 1.14 bits per heavy atom. The molecule has 2 rings (SSSR count). The van der Waals surface area contributed by atoms with E-state index in [1.165, 1.54) is 7.11 Å². The van der Waals surface area contributed by atoms with Crippen molar-refractivity contribution in [2.24, 2.45) is 0 Å². The van der Waals surface area contributed by atoms with Crippen molar-refractivity contribution in [3.05, 3.63) is 30.1 Å². The molecule has 2 amide bonds. The molecule has 7 heteroatoms. The molecule has 1 aromatic carbocycles. The third-order valence-corrected chi connectivity index (χ3v) is 4.82. The number of amides is 2. The van der Waals surface area contributed by atoms with Crippen molar-refractivity contribution >= 4 is 22.8 Å². The predicted octanol–water partition coefficient (Wildman–Crippen LogP) is 2.38. The maximum atomic E-state index is 12.6. The number of unbranched alkanes of at least 4 members (excludes halogenated alkanes) is 2. The van der Waals surface area contributed by atoms with Crippen LogP contribution < -0.4 is 5.32 Å². The number of ether oxygens (including phenoxy) is 1. The highest BCUT2D eigenvalue weighted by atomic mass is 16.5. The first-order valence-corrected chi connectivity index (χ1v) is 10.1. The summed E-state index contributed by atoms with van der Waals surface area (Å²) in [7, 11) is 1.51. The Labute approximate surface area is 167 Å². The second-order valence-corrected chi connectivity index (χ2v) is 6.76. The highest BCUT2D eigenvalue weighted by Crippen LogP contribution is 2.18. The number of imidazole rings is 1. The average molecular weight is 389 g/mol. The SMILES string of the molecule is CCN(CC)C(=O)Cn1c(CCCCCNC(=O)COC)nc2ccccc21. The summed E-state index contributed by atoms with van der Waals surface area (Å²) in [5.41, 5.74) is 1.93. The van der Waals surface area contributed by atoms with Crippen molar-refractivity contribution in [2.75, 3.05) is 33.4 Å². The van der Waals surface area contributed by atoms with E-state index in [2.05, 4.69) is 9.88 Å². The van der Waals surface area contributed by atoms with Gasteiger partial charge in [0.05, 0.1) is 11.0 Å². The summed E-state index contributed by atoms with van der Waals surface area (Å²) in [6, 6.07) is 7.96. The van der Waals surface area contributed by atoms with Crippen LogP contribution in [0.5, 0.6) is 0 Å². The van der Waals surface area contributed by atoms with E-state index in [0.29, 0.717) is 26.2 Å². The Kier molecular flexibility index (Phi) is 8.94. The molecule has 1 aromatic heterocycles. The lowest BCUT2D eigenvalue weighted by Crippen LogP contribution is -2.33. The number of aromatic nitrogens is 2. The second kappa shape index (κ2) is 11.4. The average Bonchev–Trinajstić information content (AvgIpc) is 3.03. The van der Waals surface area contributed by atoms with Gasteiger partial charge in [-0.15, -0.1) is 0 Å². The number of carbonyl (C=O) groups excluding carboxylic acids is 2. The first-order chi connectivity index (χ1) is 13.6. The summed E-state index contributed by atoms with van der Waals surface area (Å²) in [5.74, 6) is 0.986. The van der Waals surface area contributed by atoms with Crippen molar-refractivity contribution in [1.29, 1.82) is 0 Å². The highest BCUT2D eigenvalue weighted by Gasteiger charge is 2.16. The van der Waals surface area contributed by atoms with E-state index in [0.717, 1.165) is 42.5 Å². The highest BCUT2D eigenvalue weighted by molar-refractivity contribution is 5.81. The third-order valence-electron chi connectivity index (χ3n) is 4.82. The summed E-state index contributed by atoms with van der Waals surface area (Å²) in [5, 5.41) is 2.83. The number of likely N-dealkylation sites (N-methyl/N-ethyl adjacent to an activating group) is 1. The number of hydrogen-bond acceptors (Lipinski definition) is 4. The zero-order chi connectivity index (χ0) is 20.4. The fourth-order valence-electron chi connectivity index (χ4n) is 3.30. The van der Waals surface area contributed by atoms with Crippen LogP contribution in [0.25, 0.3) is 11.0 Å². The molecule has 0 saturated heterocycles. The van der Waals surface area contributed by atoms with Crippen molar-refractivity contribution < 1.29 is 14.3 Å². The van der Waals surface area contributed by atoms with E-state index in [-0.39, 0.29) is 18.4 Å². The minimum Gasteiger partial charge on any atom is -0.375 e. The molecule has 1 heterocycles. The van der Waals surface area contributed by atoms with Gasteiger partial charge in [0.25, 0.3) is 0 Å². The first-order valence-electron chi connectivity index (χ1n) is 10.1. The van der Waals surface area contributed by atoms with Crippen LogP contribution >= 0.6 is 0 Å². The third kappa shape index (κ3) is 6.05. The summed E-state index contributed by atoms with van der Waals surface area (Å²) in [6.07, 6.45) is 3.67. The van der Waals surface area contributed by atoms with Crippen molar-refractivity contribution in [3.8, 4) is 0 Å². The lowest BCUT2D eigenvalue weighted by molar-refractivity contribution is -0.131. The normalized spacial score (nSPS) is 11.0. The van der Waals surface area contributed by atoms with Gasteiger partial charge < -0.3 is 19.5 Å². The number of nitrogens with one attached hydrogen (secondary N) is 1. The Hall–Kier alpha value is -2.41. The summed E-state index contributed by atoms with van der Waals surface area (Å²) >= 11 is 0. The van der Waals surface area contributed by atoms with Crippen molar-refractivity contribution in [1.82, 2.24) is 19.8 Å². The molecular weight excluding hydrogens is 356 g/mol. The van der Waals surface area contributed by atoms with Crippen molar-refractivity contribution in [3.63, 3.8) is 0 Å². The molecule has 0 aliphatic rings. The lowest BCUT2D eigenvalue weighted by Gasteiger charge is -2.20. The Morgan fingerprint density at radius 2 is 1.89 bits per heavy atom. The maximum Gasteiger partial charge on any atom is 0.245 e. The Balaban J connectivity index is 1.96. The fourth-order valence-corrected chi connectivity index (χ4v) is 3.30. The van der Waals surface area contributed by atoms with Gasteiger partial charge >= 0.3 is 0 Å². The molecule has 0 bridgehead atoms. The zero-order valence-electron chi connectivity index (χ0n) is 17.2. The molecule has 0 aliphatic carbocycles. The number of fused-ring (bicyclic) bond motifs is 1. The van der Waals surface area contributed by atoms with Crippen LogP contribution in [0.2, 0.25) is 0 Å². The van der Waals surface area contributed by atoms with Crippen LogP contribution in [-0.4, -0.2) is 59.6 Å². The number of rotatable bonds is 12. The van der Waals surface area contributed by atoms with Gasteiger partial charge in [0.15, 0.2) is 0 Å². The predicted molar refractivity (Wildman–Crippen MR) is 110 cm³/mol. The van der Waals surface area contributed by atoms with Gasteiger partial charge in [-0.05, 0) is 38.8 Å². The molecule has 0 saturated carbocycles. The summed E-state index contributed by atoms with van der Waals surface area (Å²) in [6.45, 7) is 6.51. The fraction of sp³-hybridized carbons (Fsp3) is 0.571. The number of benzene rings is 1. The van der Waals surface area contributed by atoms with Gasteiger partial charge in [0, 0.05) is 33.2 Å². The minimum atomic E-state index is -0.0841. The van der Waals surface area contributed by atoms with Crippen LogP contribution in [0.15, 0.2) is 24.3 Å². The number of nitrogens with zero attached hydrogens (tertiary/aromatic N) is 3. The lowest BCUT2D eigenvalue weighted by atomic mass is 10.2. The van der Waals surface area contributed by atoms with E-state index in [9.17, 15) is 9.59 Å². The molecule has 7 nitrogen and oxygen atoms in total. The molecule has 28 heavy (non-hydrogen) atoms. The molecular formula is C21H32N4O3. The molecule has 0 fully saturated rings. The number of carbonyl (C=O) groups is 2. The van der Waals surface area contributed by atoms with Crippen LogP contribution in [0.3, 0.4) is 0 Å². The van der Waals surface area contributed by atoms with Crippen LogP contribution in [-0.2, 0) is 27.3 Å². The minimum absolute atomic E-state index is 0.0841. The molecule has 154 valence electrons. The molecule has 0 unspecified atom stereocenters. The second-order valence-electron chi connectivity index (χ2n) is 6.76. The van der Waals surface area contributed by atoms with Gasteiger partial charge in [-0.3, -0.25) is 9.59 Å². The Morgan fingerprint density at radius 3 is 2.61 bits per heavy atom. The van der Waals surface area contributed by atoms with E-state index in [1.807, 2.05) is 43.0 Å². The zero-order valence-corrected chi connectivity index (χ0v) is 17.2. The largest absolute Gasteiger partial charge is 0.375 e. The first kappa shape index (κ1) is 21.9. The van der Waals surface area contributed by atoms with Gasteiger partial charge in [0.2, 0.25) is 11.8 Å². The standard InChI is InChI=1S/C21H32N4O3/c1-4-24(5-2)21(27)15-25-18-12-9-8-11-17(18)23-19(25)13-7-6-10-14-22-20(26)16-28-3/h8-9,11-12H,4-7,10,13-16H2,1-3H3,(H,22,26). The molecule has 2 aromatic rings. The number of para-hydroxylation sites is 2. The molecule has 1 N–H and O–H groups in total. The quantitative estimate of drug-likeness (QED) is 0.567. The van der Waals surface area contributed by atoms with Crippen LogP contribution in [0.1, 0.15) is 38.9 Å². The van der Waals surface area contributed by atoms with Crippen LogP contribution in [0, 0.1) is 0 Å². The number of aryl methyl sites for hydroxylation is 1. The molecule has 0 radical (unpaired) electrons. The summed E-state index contributed by atoms with van der Waals surface area (Å²) in [4.78, 5) is 30.6. The molecule has 0 aliphatic heterocycles. The topological polar surface area (TPSA) is 76.5 Å². The summed E-state index contributed by atoms with van der Waals surface area (Å²) < 4.78 is 6.84. The smallest absolute Gasteiger partial charge is 0.245 e. The van der Waals surface area contributed by atoms with Gasteiger partial charge in [-0.25, -0.2) is 4.98 Å². The number of hydrogen-bond donors (Lipinski definition) is 1. The van der Waals surface area contributed by atoms with Crippen LogP contribution in [0.4, 0.5) is 0 Å². The molecule has 0 spiro atoms. The van der Waals surface area contributed by atoms with E-state index >= 15 is 0 Å². The van der Waals surface area contributed by atoms with Crippen molar-refractivity contribution in [2.45, 2.75) is 46.1 Å². The maximum absolute atomic E-state index is 12.6. The van der Waals surface area contributed by atoms with Gasteiger partial charge in [0.1, 0.15) is 19.0 Å².